The van der Waals surface area contributed by atoms with Gasteiger partial charge in [0.2, 0.25) is 0 Å². The van der Waals surface area contributed by atoms with Gasteiger partial charge in [0, 0.05) is 40.0 Å². The highest BCUT2D eigenvalue weighted by Gasteiger charge is 2.44. The van der Waals surface area contributed by atoms with E-state index in [1.165, 1.54) is 12.1 Å². The molecule has 2 aromatic carbocycles. The van der Waals surface area contributed by atoms with Gasteiger partial charge in [-0.25, -0.2) is 0 Å². The molecule has 1 aliphatic carbocycles. The summed E-state index contributed by atoms with van der Waals surface area (Å²) in [5.41, 5.74) is 9.21. The van der Waals surface area contributed by atoms with Crippen LogP contribution in [0.3, 0.4) is 0 Å². The number of benzene rings is 2. The zero-order chi connectivity index (χ0) is 23.2. The van der Waals surface area contributed by atoms with Crippen molar-refractivity contribution in [2.75, 3.05) is 4.90 Å². The zero-order valence-electron chi connectivity index (χ0n) is 17.6. The molecule has 0 bridgehead atoms. The lowest BCUT2D eigenvalue weighted by molar-refractivity contribution is -0.384. The highest BCUT2D eigenvalue weighted by molar-refractivity contribution is 9.10. The zero-order valence-corrected chi connectivity index (χ0v) is 19.2. The third-order valence-electron chi connectivity index (χ3n) is 5.90. The number of allylic oxidation sites excluding steroid dienone is 3. The predicted octanol–water partition coefficient (Wildman–Crippen LogP) is 5.30. The molecule has 162 valence electrons. The van der Waals surface area contributed by atoms with Crippen LogP contribution in [0, 0.1) is 26.9 Å². The SMILES string of the molecule is CC1(C)CC(=O)C2=C(C1)N(c1ccc([N+](=O)[O-])cc1)C(N)=C(C#N)C2c1ccc(Br)cc1. The fourth-order valence-electron chi connectivity index (χ4n) is 4.52. The summed E-state index contributed by atoms with van der Waals surface area (Å²) < 4.78 is 0.894. The Morgan fingerprint density at radius 3 is 2.34 bits per heavy atom. The predicted molar refractivity (Wildman–Crippen MR) is 124 cm³/mol. The van der Waals surface area contributed by atoms with Crippen LogP contribution in [-0.2, 0) is 4.79 Å². The van der Waals surface area contributed by atoms with Crippen LogP contribution in [0.1, 0.15) is 38.2 Å². The number of hydrogen-bond acceptors (Lipinski definition) is 6. The van der Waals surface area contributed by atoms with E-state index in [9.17, 15) is 20.2 Å². The van der Waals surface area contributed by atoms with Crippen molar-refractivity contribution < 1.29 is 9.72 Å². The second kappa shape index (κ2) is 7.92. The number of nitrogens with two attached hydrogens (primary N) is 1. The van der Waals surface area contributed by atoms with Gasteiger partial charge in [0.15, 0.2) is 5.78 Å². The number of nitro benzene ring substituents is 1. The Morgan fingerprint density at radius 1 is 1.16 bits per heavy atom. The molecule has 0 saturated heterocycles. The van der Waals surface area contributed by atoms with Gasteiger partial charge in [-0.3, -0.25) is 19.8 Å². The van der Waals surface area contributed by atoms with Crippen molar-refractivity contribution in [2.45, 2.75) is 32.6 Å². The minimum atomic E-state index is -0.555. The van der Waals surface area contributed by atoms with E-state index in [1.54, 1.807) is 17.0 Å². The highest BCUT2D eigenvalue weighted by Crippen LogP contribution is 2.50. The Bertz CT molecular complexity index is 1220. The van der Waals surface area contributed by atoms with Crippen molar-refractivity contribution in [3.63, 3.8) is 0 Å². The maximum Gasteiger partial charge on any atom is 0.269 e. The van der Waals surface area contributed by atoms with Crippen molar-refractivity contribution in [2.24, 2.45) is 11.1 Å². The van der Waals surface area contributed by atoms with Crippen molar-refractivity contribution in [1.29, 1.82) is 5.26 Å². The van der Waals surface area contributed by atoms with E-state index in [1.807, 2.05) is 38.1 Å². The second-order valence-electron chi connectivity index (χ2n) is 8.81. The number of rotatable bonds is 3. The standard InChI is InChI=1S/C24H21BrN4O3/c1-24(2)11-19-22(20(30)12-24)21(14-3-5-15(25)6-4-14)18(13-26)23(27)28(19)16-7-9-17(10-8-16)29(31)32/h3-10,21H,11-12,27H2,1-2H3. The van der Waals surface area contributed by atoms with E-state index < -0.39 is 10.8 Å². The molecule has 2 aromatic rings. The summed E-state index contributed by atoms with van der Waals surface area (Å²) in [5.74, 6) is -0.337. The molecule has 32 heavy (non-hydrogen) atoms. The maximum absolute atomic E-state index is 13.4. The summed E-state index contributed by atoms with van der Waals surface area (Å²) in [4.78, 5) is 25.8. The van der Waals surface area contributed by atoms with Crippen LogP contribution in [0.4, 0.5) is 11.4 Å². The van der Waals surface area contributed by atoms with E-state index in [0.29, 0.717) is 24.1 Å². The molecule has 2 N–H and O–H groups in total. The molecule has 4 rings (SSSR count). The summed E-state index contributed by atoms with van der Waals surface area (Å²) in [6.45, 7) is 4.05. The molecule has 1 atom stereocenters. The monoisotopic (exact) mass is 492 g/mol. The Morgan fingerprint density at radius 2 is 1.78 bits per heavy atom. The first-order valence-corrected chi connectivity index (χ1v) is 10.9. The van der Waals surface area contributed by atoms with E-state index in [-0.39, 0.29) is 28.3 Å². The first kappa shape index (κ1) is 21.8. The average Bonchev–Trinajstić information content (AvgIpc) is 2.73. The molecule has 1 aliphatic heterocycles. The smallest absolute Gasteiger partial charge is 0.269 e. The normalized spacial score (nSPS) is 20.1. The van der Waals surface area contributed by atoms with Gasteiger partial charge in [0.05, 0.1) is 22.5 Å². The molecule has 0 aromatic heterocycles. The van der Waals surface area contributed by atoms with Crippen molar-refractivity contribution >= 4 is 33.1 Å². The molecular weight excluding hydrogens is 472 g/mol. The number of carbonyl (C=O) groups is 1. The summed E-state index contributed by atoms with van der Waals surface area (Å²) in [5, 5.41) is 21.2. The second-order valence-corrected chi connectivity index (χ2v) is 9.72. The molecule has 2 aliphatic rings. The van der Waals surface area contributed by atoms with Gasteiger partial charge in [-0.1, -0.05) is 41.9 Å². The molecule has 1 unspecified atom stereocenters. The third kappa shape index (κ3) is 3.69. The summed E-state index contributed by atoms with van der Waals surface area (Å²) in [6.07, 6.45) is 0.947. The molecule has 0 spiro atoms. The quantitative estimate of drug-likeness (QED) is 0.459. The van der Waals surface area contributed by atoms with Crippen molar-refractivity contribution in [1.82, 2.24) is 0 Å². The van der Waals surface area contributed by atoms with Gasteiger partial charge >= 0.3 is 0 Å². The van der Waals surface area contributed by atoms with E-state index in [4.69, 9.17) is 5.73 Å². The van der Waals surface area contributed by atoms with Gasteiger partial charge < -0.3 is 5.73 Å². The average molecular weight is 493 g/mol. The molecule has 0 saturated carbocycles. The molecule has 1 heterocycles. The van der Waals surface area contributed by atoms with E-state index >= 15 is 0 Å². The number of anilines is 1. The largest absolute Gasteiger partial charge is 0.384 e. The van der Waals surface area contributed by atoms with Crippen molar-refractivity contribution in [3.8, 4) is 6.07 Å². The molecule has 0 radical (unpaired) electrons. The fraction of sp³-hybridized carbons (Fsp3) is 0.250. The van der Waals surface area contributed by atoms with Gasteiger partial charge in [-0.15, -0.1) is 0 Å². The number of Topliss-reactive ketones (excluding diaryl/α,β-unsaturated/α-hetero) is 1. The van der Waals surface area contributed by atoms with Gasteiger partial charge in [-0.05, 0) is 41.7 Å². The van der Waals surface area contributed by atoms with Gasteiger partial charge in [0.25, 0.3) is 5.69 Å². The minimum Gasteiger partial charge on any atom is -0.384 e. The number of nitriles is 1. The van der Waals surface area contributed by atoms with Gasteiger partial charge in [0.1, 0.15) is 5.82 Å². The van der Waals surface area contributed by atoms with Crippen LogP contribution in [0.2, 0.25) is 0 Å². The number of halogens is 1. The molecule has 0 fully saturated rings. The third-order valence-corrected chi connectivity index (χ3v) is 6.43. The van der Waals surface area contributed by atoms with Crippen LogP contribution >= 0.6 is 15.9 Å². The molecule has 8 heteroatoms. The van der Waals surface area contributed by atoms with Crippen LogP contribution in [0.5, 0.6) is 0 Å². The van der Waals surface area contributed by atoms with Crippen LogP contribution in [-0.4, -0.2) is 10.7 Å². The van der Waals surface area contributed by atoms with E-state index in [0.717, 1.165) is 15.7 Å². The number of nitro groups is 1. The first-order valence-electron chi connectivity index (χ1n) is 10.1. The number of non-ortho nitro benzene ring substituents is 1. The fourth-order valence-corrected chi connectivity index (χ4v) is 4.78. The van der Waals surface area contributed by atoms with Gasteiger partial charge in [-0.2, -0.15) is 5.26 Å². The van der Waals surface area contributed by atoms with E-state index in [2.05, 4.69) is 22.0 Å². The maximum atomic E-state index is 13.4. The Hall–Kier alpha value is -3.44. The summed E-state index contributed by atoms with van der Waals surface area (Å²) >= 11 is 3.43. The molecular formula is C24H21BrN4O3. The lowest BCUT2D eigenvalue weighted by Gasteiger charge is -2.43. The lowest BCUT2D eigenvalue weighted by Crippen LogP contribution is -2.42. The summed E-state index contributed by atoms with van der Waals surface area (Å²) in [6, 6.07) is 15.7. The number of hydrogen-bond donors (Lipinski definition) is 1. The number of carbonyl (C=O) groups excluding carboxylic acids is 1. The Balaban J connectivity index is 1.96. The number of ketones is 1. The topological polar surface area (TPSA) is 113 Å². The molecule has 0 amide bonds. The minimum absolute atomic E-state index is 0.0173. The highest BCUT2D eigenvalue weighted by atomic mass is 79.9. The Labute approximate surface area is 194 Å². The molecule has 7 nitrogen and oxygen atoms in total. The number of nitrogens with zero attached hydrogens (tertiary/aromatic N) is 3. The van der Waals surface area contributed by atoms with Crippen LogP contribution in [0.25, 0.3) is 0 Å². The van der Waals surface area contributed by atoms with Crippen LogP contribution in [0.15, 0.2) is 75.7 Å². The first-order chi connectivity index (χ1) is 15.1. The van der Waals surface area contributed by atoms with Crippen molar-refractivity contribution in [3.05, 3.63) is 91.3 Å². The van der Waals surface area contributed by atoms with Crippen LogP contribution < -0.4 is 10.6 Å². The Kier molecular flexibility index (Phi) is 5.39. The lowest BCUT2D eigenvalue weighted by atomic mass is 9.68. The summed E-state index contributed by atoms with van der Waals surface area (Å²) in [7, 11) is 0.